The van der Waals surface area contributed by atoms with Crippen LogP contribution in [0.15, 0.2) is 4.52 Å². The highest BCUT2D eigenvalue weighted by molar-refractivity contribution is 5.91. The molecule has 1 aromatic heterocycles. The molecule has 0 aliphatic carbocycles. The van der Waals surface area contributed by atoms with Crippen molar-refractivity contribution in [3.05, 3.63) is 17.0 Å². The summed E-state index contributed by atoms with van der Waals surface area (Å²) in [5, 5.41) is 3.75. The Balaban J connectivity index is 2.92. The van der Waals surface area contributed by atoms with Gasteiger partial charge in [0.25, 0.3) is 0 Å². The van der Waals surface area contributed by atoms with Crippen molar-refractivity contribution in [2.75, 3.05) is 13.2 Å². The predicted octanol–water partition coefficient (Wildman–Crippen LogP) is 0.661. The van der Waals surface area contributed by atoms with E-state index in [9.17, 15) is 4.79 Å². The Morgan fingerprint density at radius 2 is 2.36 bits per heavy atom. The van der Waals surface area contributed by atoms with Gasteiger partial charge in [0.15, 0.2) is 0 Å². The van der Waals surface area contributed by atoms with Gasteiger partial charge in [-0.25, -0.2) is 4.79 Å². The predicted molar refractivity (Wildman–Crippen MR) is 50.0 cm³/mol. The van der Waals surface area contributed by atoms with Gasteiger partial charge >= 0.3 is 5.97 Å². The van der Waals surface area contributed by atoms with Crippen LogP contribution in [-0.4, -0.2) is 24.3 Å². The summed E-state index contributed by atoms with van der Waals surface area (Å²) >= 11 is 0. The van der Waals surface area contributed by atoms with Gasteiger partial charge in [0.05, 0.1) is 12.3 Å². The topological polar surface area (TPSA) is 78.4 Å². The molecule has 0 unspecified atom stereocenters. The van der Waals surface area contributed by atoms with Crippen molar-refractivity contribution < 1.29 is 14.1 Å². The molecule has 0 aromatic carbocycles. The number of aromatic nitrogens is 1. The first kappa shape index (κ1) is 10.7. The number of esters is 1. The van der Waals surface area contributed by atoms with Crippen molar-refractivity contribution in [2.24, 2.45) is 5.73 Å². The molecule has 0 radical (unpaired) electrons. The number of rotatable bonds is 4. The van der Waals surface area contributed by atoms with Crippen LogP contribution >= 0.6 is 0 Å². The Morgan fingerprint density at radius 1 is 1.64 bits per heavy atom. The molecule has 0 atom stereocenters. The fraction of sp³-hybridized carbons (Fsp3) is 0.556. The molecule has 0 saturated heterocycles. The number of hydrogen-bond donors (Lipinski definition) is 1. The maximum Gasteiger partial charge on any atom is 0.343 e. The van der Waals surface area contributed by atoms with Gasteiger partial charge in [-0.15, -0.1) is 0 Å². The number of aryl methyl sites for hydroxylation is 1. The maximum atomic E-state index is 11.5. The normalized spacial score (nSPS) is 10.2. The smallest absolute Gasteiger partial charge is 0.343 e. The first-order chi connectivity index (χ1) is 6.70. The van der Waals surface area contributed by atoms with Crippen molar-refractivity contribution in [1.82, 2.24) is 5.16 Å². The molecule has 1 heterocycles. The molecule has 1 rings (SSSR count). The van der Waals surface area contributed by atoms with E-state index in [1.54, 1.807) is 13.8 Å². The first-order valence-corrected chi connectivity index (χ1v) is 4.53. The van der Waals surface area contributed by atoms with Gasteiger partial charge in [-0.3, -0.25) is 0 Å². The number of hydrogen-bond acceptors (Lipinski definition) is 5. The fourth-order valence-corrected chi connectivity index (χ4v) is 1.19. The fourth-order valence-electron chi connectivity index (χ4n) is 1.19. The summed E-state index contributed by atoms with van der Waals surface area (Å²) in [7, 11) is 0. The first-order valence-electron chi connectivity index (χ1n) is 4.53. The summed E-state index contributed by atoms with van der Waals surface area (Å²) in [4.78, 5) is 11.5. The Bertz CT molecular complexity index is 320. The quantitative estimate of drug-likeness (QED) is 0.719. The van der Waals surface area contributed by atoms with Gasteiger partial charge in [-0.1, -0.05) is 5.16 Å². The van der Waals surface area contributed by atoms with Crippen LogP contribution < -0.4 is 5.73 Å². The third kappa shape index (κ3) is 2.11. The number of nitrogens with two attached hydrogens (primary N) is 1. The summed E-state index contributed by atoms with van der Waals surface area (Å²) < 4.78 is 9.78. The van der Waals surface area contributed by atoms with E-state index < -0.39 is 5.97 Å². The molecule has 0 amide bonds. The second-order valence-corrected chi connectivity index (χ2v) is 2.82. The van der Waals surface area contributed by atoms with E-state index in [4.69, 9.17) is 15.0 Å². The van der Waals surface area contributed by atoms with Crippen molar-refractivity contribution in [1.29, 1.82) is 0 Å². The molecule has 14 heavy (non-hydrogen) atoms. The van der Waals surface area contributed by atoms with Crippen LogP contribution in [0.25, 0.3) is 0 Å². The highest BCUT2D eigenvalue weighted by Gasteiger charge is 2.20. The highest BCUT2D eigenvalue weighted by Crippen LogP contribution is 2.14. The summed E-state index contributed by atoms with van der Waals surface area (Å²) in [6, 6.07) is 0. The third-order valence-electron chi connectivity index (χ3n) is 1.79. The minimum atomic E-state index is -0.394. The zero-order valence-electron chi connectivity index (χ0n) is 8.37. The van der Waals surface area contributed by atoms with Gasteiger partial charge < -0.3 is 15.0 Å². The molecule has 5 nitrogen and oxygen atoms in total. The van der Waals surface area contributed by atoms with Crippen LogP contribution in [0.4, 0.5) is 0 Å². The minimum Gasteiger partial charge on any atom is -0.462 e. The minimum absolute atomic E-state index is 0.339. The zero-order chi connectivity index (χ0) is 10.6. The summed E-state index contributed by atoms with van der Waals surface area (Å²) in [5.74, 6) is 0.0848. The standard InChI is InChI=1S/C9H14N2O3/c1-3-13-9(12)8-6(2)14-11-7(8)4-5-10/h3-5,10H2,1-2H3. The number of nitrogens with zero attached hydrogens (tertiary/aromatic N) is 1. The molecule has 1 aromatic rings. The molecule has 0 aliphatic heterocycles. The molecular weight excluding hydrogens is 184 g/mol. The zero-order valence-corrected chi connectivity index (χ0v) is 8.37. The van der Waals surface area contributed by atoms with Crippen molar-refractivity contribution in [3.8, 4) is 0 Å². The van der Waals surface area contributed by atoms with E-state index in [1.807, 2.05) is 0 Å². The lowest BCUT2D eigenvalue weighted by molar-refractivity contribution is 0.0523. The molecule has 2 N–H and O–H groups in total. The number of ether oxygens (including phenoxy) is 1. The molecule has 78 valence electrons. The van der Waals surface area contributed by atoms with E-state index in [0.717, 1.165) is 0 Å². The van der Waals surface area contributed by atoms with Crippen molar-refractivity contribution in [2.45, 2.75) is 20.3 Å². The lowest BCUT2D eigenvalue weighted by atomic mass is 10.1. The Morgan fingerprint density at radius 3 is 2.93 bits per heavy atom. The average Bonchev–Trinajstić information content (AvgIpc) is 2.48. The Hall–Kier alpha value is -1.36. The van der Waals surface area contributed by atoms with E-state index in [2.05, 4.69) is 5.16 Å². The van der Waals surface area contributed by atoms with Gasteiger partial charge in [-0.05, 0) is 20.4 Å². The molecular formula is C9H14N2O3. The van der Waals surface area contributed by atoms with E-state index in [-0.39, 0.29) is 0 Å². The van der Waals surface area contributed by atoms with Gasteiger partial charge in [-0.2, -0.15) is 0 Å². The summed E-state index contributed by atoms with van der Waals surface area (Å²) in [5.41, 5.74) is 6.37. The van der Waals surface area contributed by atoms with Crippen LogP contribution in [0.5, 0.6) is 0 Å². The Kier molecular flexibility index (Phi) is 3.64. The summed E-state index contributed by atoms with van der Waals surface area (Å²) in [6.07, 6.45) is 0.519. The van der Waals surface area contributed by atoms with Crippen LogP contribution in [-0.2, 0) is 11.2 Å². The molecule has 0 aliphatic rings. The van der Waals surface area contributed by atoms with Crippen LogP contribution in [0.3, 0.4) is 0 Å². The van der Waals surface area contributed by atoms with Crippen molar-refractivity contribution in [3.63, 3.8) is 0 Å². The molecule has 0 fully saturated rings. The second-order valence-electron chi connectivity index (χ2n) is 2.82. The molecule has 0 bridgehead atoms. The van der Waals surface area contributed by atoms with Crippen LogP contribution in [0.1, 0.15) is 28.7 Å². The largest absolute Gasteiger partial charge is 0.462 e. The lowest BCUT2D eigenvalue weighted by Crippen LogP contribution is -2.11. The second kappa shape index (κ2) is 4.76. The van der Waals surface area contributed by atoms with Gasteiger partial charge in [0, 0.05) is 6.42 Å². The summed E-state index contributed by atoms with van der Waals surface area (Å²) in [6.45, 7) is 4.20. The van der Waals surface area contributed by atoms with Crippen molar-refractivity contribution >= 4 is 5.97 Å². The van der Waals surface area contributed by atoms with Gasteiger partial charge in [0.2, 0.25) is 0 Å². The Labute approximate surface area is 82.2 Å². The average molecular weight is 198 g/mol. The number of carbonyl (C=O) groups excluding carboxylic acids is 1. The van der Waals surface area contributed by atoms with Crippen LogP contribution in [0.2, 0.25) is 0 Å². The van der Waals surface area contributed by atoms with E-state index in [0.29, 0.717) is 36.6 Å². The third-order valence-corrected chi connectivity index (χ3v) is 1.79. The monoisotopic (exact) mass is 198 g/mol. The van der Waals surface area contributed by atoms with Crippen LogP contribution in [0, 0.1) is 6.92 Å². The lowest BCUT2D eigenvalue weighted by Gasteiger charge is -2.00. The highest BCUT2D eigenvalue weighted by atomic mass is 16.5. The molecule has 0 spiro atoms. The van der Waals surface area contributed by atoms with Gasteiger partial charge in [0.1, 0.15) is 11.3 Å². The number of carbonyl (C=O) groups is 1. The van der Waals surface area contributed by atoms with E-state index >= 15 is 0 Å². The molecule has 5 heteroatoms. The maximum absolute atomic E-state index is 11.5. The SMILES string of the molecule is CCOC(=O)c1c(CCN)noc1C. The molecule has 0 saturated carbocycles. The van der Waals surface area contributed by atoms with E-state index in [1.165, 1.54) is 0 Å².